The molecule has 1 aromatic rings. The zero-order chi connectivity index (χ0) is 21.6. The van der Waals surface area contributed by atoms with Crippen molar-refractivity contribution in [1.29, 1.82) is 0 Å². The summed E-state index contributed by atoms with van der Waals surface area (Å²) in [4.78, 5) is 15.7. The third kappa shape index (κ3) is 7.37. The summed E-state index contributed by atoms with van der Waals surface area (Å²) in [6, 6.07) is 4.56. The highest BCUT2D eigenvalue weighted by molar-refractivity contribution is 7.90. The van der Waals surface area contributed by atoms with Crippen LogP contribution in [0.3, 0.4) is 0 Å². The maximum Gasteiger partial charge on any atom is 0.306 e. The van der Waals surface area contributed by atoms with Crippen LogP contribution in [0, 0.1) is 12.0 Å². The van der Waals surface area contributed by atoms with Crippen molar-refractivity contribution in [3.63, 3.8) is 0 Å². The number of anilines is 1. The molecular weight excluding hydrogens is 382 g/mol. The van der Waals surface area contributed by atoms with E-state index in [4.69, 9.17) is 21.2 Å². The van der Waals surface area contributed by atoms with Crippen molar-refractivity contribution in [2.45, 2.75) is 59.5 Å². The molecule has 0 spiro atoms. The number of hydrogen-bond donors (Lipinski definition) is 2. The SMILES string of the molecule is [C-]#[N+]c1c(NS(N)(=O)=O)cccc1OCC(CC)(CC)CC(=O)OC(C)(C)C. The van der Waals surface area contributed by atoms with Crippen LogP contribution in [0.4, 0.5) is 11.4 Å². The molecule has 1 aromatic carbocycles. The van der Waals surface area contributed by atoms with E-state index in [0.29, 0.717) is 12.8 Å². The smallest absolute Gasteiger partial charge is 0.306 e. The van der Waals surface area contributed by atoms with Gasteiger partial charge in [0, 0.05) is 5.41 Å². The number of nitrogens with one attached hydrogen (secondary N) is 1. The fourth-order valence-electron chi connectivity index (χ4n) is 2.66. The van der Waals surface area contributed by atoms with Gasteiger partial charge in [0.25, 0.3) is 15.9 Å². The van der Waals surface area contributed by atoms with Gasteiger partial charge in [-0.2, -0.15) is 8.42 Å². The number of carbonyl (C=O) groups is 1. The number of carbonyl (C=O) groups excluding carboxylic acids is 1. The molecule has 156 valence electrons. The molecule has 0 saturated heterocycles. The minimum atomic E-state index is -4.02. The molecule has 0 radical (unpaired) electrons. The van der Waals surface area contributed by atoms with Gasteiger partial charge in [0.2, 0.25) is 0 Å². The van der Waals surface area contributed by atoms with E-state index in [1.807, 2.05) is 34.6 Å². The molecule has 0 bridgehead atoms. The maximum atomic E-state index is 12.3. The van der Waals surface area contributed by atoms with Gasteiger partial charge in [-0.05, 0) is 45.7 Å². The number of para-hydroxylation sites is 1. The van der Waals surface area contributed by atoms with E-state index >= 15 is 0 Å². The molecule has 0 saturated carbocycles. The average molecular weight is 412 g/mol. The second-order valence-electron chi connectivity index (χ2n) is 7.67. The van der Waals surface area contributed by atoms with Crippen molar-refractivity contribution in [3.8, 4) is 5.75 Å². The summed E-state index contributed by atoms with van der Waals surface area (Å²) in [5.74, 6) is -0.0889. The summed E-state index contributed by atoms with van der Waals surface area (Å²) in [6.07, 6.45) is 1.52. The maximum absolute atomic E-state index is 12.3. The Kier molecular flexibility index (Phi) is 7.84. The molecule has 3 N–H and O–H groups in total. The van der Waals surface area contributed by atoms with Gasteiger partial charge in [-0.25, -0.2) is 9.98 Å². The predicted octanol–water partition coefficient (Wildman–Crippen LogP) is 3.77. The molecule has 0 atom stereocenters. The second-order valence-corrected chi connectivity index (χ2v) is 8.96. The highest BCUT2D eigenvalue weighted by atomic mass is 32.2. The third-order valence-electron chi connectivity index (χ3n) is 4.34. The van der Waals surface area contributed by atoms with E-state index in [2.05, 4.69) is 9.57 Å². The van der Waals surface area contributed by atoms with E-state index in [-0.39, 0.29) is 36.1 Å². The Labute approximate surface area is 167 Å². The Morgan fingerprint density at radius 1 is 1.25 bits per heavy atom. The fraction of sp³-hybridized carbons (Fsp3) is 0.579. The van der Waals surface area contributed by atoms with Gasteiger partial charge in [-0.15, -0.1) is 0 Å². The Morgan fingerprint density at radius 2 is 1.86 bits per heavy atom. The number of ether oxygens (including phenoxy) is 2. The Hall–Kier alpha value is -2.31. The number of nitrogens with two attached hydrogens (primary N) is 1. The summed E-state index contributed by atoms with van der Waals surface area (Å²) < 4.78 is 36.0. The lowest BCUT2D eigenvalue weighted by Crippen LogP contribution is -2.33. The standard InChI is InChI=1S/C19H29N3O5S/c1-7-19(8-2,12-16(23)27-18(3,4)5)13-26-15-11-9-10-14(17(15)21-6)22-28(20,24)25/h9-11,22H,7-8,12-13H2,1-5H3,(H2,20,24,25). The van der Waals surface area contributed by atoms with Crippen LogP contribution < -0.4 is 14.6 Å². The lowest BCUT2D eigenvalue weighted by atomic mass is 9.80. The van der Waals surface area contributed by atoms with Crippen LogP contribution in [-0.2, 0) is 19.7 Å². The lowest BCUT2D eigenvalue weighted by Gasteiger charge is -2.32. The van der Waals surface area contributed by atoms with E-state index in [1.54, 1.807) is 12.1 Å². The molecule has 0 unspecified atom stereocenters. The quantitative estimate of drug-likeness (QED) is 0.474. The lowest BCUT2D eigenvalue weighted by molar-refractivity contribution is -0.158. The number of benzene rings is 1. The first-order chi connectivity index (χ1) is 12.8. The zero-order valence-electron chi connectivity index (χ0n) is 17.0. The molecule has 9 heteroatoms. The first kappa shape index (κ1) is 23.7. The minimum absolute atomic E-state index is 0.00917. The van der Waals surface area contributed by atoms with Crippen LogP contribution in [0.5, 0.6) is 5.75 Å². The van der Waals surface area contributed by atoms with E-state index < -0.39 is 21.2 Å². The molecule has 8 nitrogen and oxygen atoms in total. The van der Waals surface area contributed by atoms with Crippen LogP contribution in [0.15, 0.2) is 18.2 Å². The molecule has 0 aliphatic heterocycles. The van der Waals surface area contributed by atoms with Gasteiger partial charge < -0.3 is 9.47 Å². The van der Waals surface area contributed by atoms with Crippen LogP contribution in [-0.4, -0.2) is 26.6 Å². The summed E-state index contributed by atoms with van der Waals surface area (Å²) in [5, 5.41) is 5.00. The summed E-state index contributed by atoms with van der Waals surface area (Å²) in [5.41, 5.74) is -0.989. The van der Waals surface area contributed by atoms with Crippen molar-refractivity contribution < 1.29 is 22.7 Å². The van der Waals surface area contributed by atoms with Crippen molar-refractivity contribution in [2.75, 3.05) is 11.3 Å². The molecule has 0 aliphatic carbocycles. The molecule has 1 rings (SSSR count). The predicted molar refractivity (Wildman–Crippen MR) is 108 cm³/mol. The molecular formula is C19H29N3O5S. The molecule has 0 heterocycles. The van der Waals surface area contributed by atoms with Gasteiger partial charge in [-0.1, -0.05) is 19.9 Å². The van der Waals surface area contributed by atoms with Gasteiger partial charge in [-0.3, -0.25) is 9.52 Å². The Bertz CT molecular complexity index is 834. The van der Waals surface area contributed by atoms with Crippen LogP contribution in [0.1, 0.15) is 53.9 Å². The third-order valence-corrected chi connectivity index (χ3v) is 4.84. The zero-order valence-corrected chi connectivity index (χ0v) is 17.9. The van der Waals surface area contributed by atoms with Crippen molar-refractivity contribution in [2.24, 2.45) is 10.6 Å². The largest absolute Gasteiger partial charge is 0.504 e. The number of nitrogens with zero attached hydrogens (tertiary/aromatic N) is 1. The first-order valence-electron chi connectivity index (χ1n) is 9.00. The number of hydrogen-bond acceptors (Lipinski definition) is 5. The molecule has 0 aliphatic rings. The minimum Gasteiger partial charge on any atom is -0.504 e. The Balaban J connectivity index is 3.04. The summed E-state index contributed by atoms with van der Waals surface area (Å²) >= 11 is 0. The van der Waals surface area contributed by atoms with E-state index in [9.17, 15) is 13.2 Å². The van der Waals surface area contributed by atoms with Crippen molar-refractivity contribution >= 4 is 27.6 Å². The average Bonchev–Trinajstić information content (AvgIpc) is 2.55. The van der Waals surface area contributed by atoms with E-state index in [0.717, 1.165) is 0 Å². The first-order valence-corrected chi connectivity index (χ1v) is 10.5. The van der Waals surface area contributed by atoms with Gasteiger partial charge in [0.1, 0.15) is 11.4 Å². The monoisotopic (exact) mass is 411 g/mol. The van der Waals surface area contributed by atoms with Gasteiger partial charge in [0.15, 0.2) is 0 Å². The van der Waals surface area contributed by atoms with Crippen molar-refractivity contribution in [3.05, 3.63) is 29.6 Å². The van der Waals surface area contributed by atoms with Gasteiger partial charge >= 0.3 is 5.97 Å². The molecule has 0 fully saturated rings. The van der Waals surface area contributed by atoms with Crippen LogP contribution in [0.25, 0.3) is 4.85 Å². The highest BCUT2D eigenvalue weighted by Crippen LogP contribution is 2.39. The number of rotatable bonds is 9. The number of esters is 1. The second kappa shape index (κ2) is 9.26. The van der Waals surface area contributed by atoms with Gasteiger partial charge in [0.05, 0.1) is 25.3 Å². The van der Waals surface area contributed by atoms with Crippen LogP contribution >= 0.6 is 0 Å². The Morgan fingerprint density at radius 3 is 2.32 bits per heavy atom. The van der Waals surface area contributed by atoms with Crippen LogP contribution in [0.2, 0.25) is 0 Å². The molecule has 0 aromatic heterocycles. The molecule has 0 amide bonds. The summed E-state index contributed by atoms with van der Waals surface area (Å²) in [7, 11) is -4.02. The highest BCUT2D eigenvalue weighted by Gasteiger charge is 2.33. The topological polar surface area (TPSA) is 112 Å². The van der Waals surface area contributed by atoms with Crippen molar-refractivity contribution in [1.82, 2.24) is 0 Å². The normalized spacial score (nSPS) is 12.2. The fourth-order valence-corrected chi connectivity index (χ4v) is 3.13. The summed E-state index contributed by atoms with van der Waals surface area (Å²) in [6.45, 7) is 16.9. The molecule has 28 heavy (non-hydrogen) atoms. The van der Waals surface area contributed by atoms with E-state index in [1.165, 1.54) is 6.07 Å².